The molecule has 0 spiro atoms. The largest absolute Gasteiger partial charge is 0.453 e. The predicted octanol–water partition coefficient (Wildman–Crippen LogP) is 4.71. The number of carbonyl (C=O) groups is 1. The molecule has 18 heavy (non-hydrogen) atoms. The van der Waals surface area contributed by atoms with E-state index >= 15 is 0 Å². The molecule has 0 radical (unpaired) electrons. The van der Waals surface area contributed by atoms with Crippen molar-refractivity contribution in [3.05, 3.63) is 35.0 Å². The van der Waals surface area contributed by atoms with Gasteiger partial charge in [0.25, 0.3) is 0 Å². The molecule has 0 saturated heterocycles. The van der Waals surface area contributed by atoms with Crippen LogP contribution in [0.25, 0.3) is 11.0 Å². The lowest BCUT2D eigenvalue weighted by atomic mass is 9.92. The Hall–Kier alpha value is -1.28. The minimum absolute atomic E-state index is 0.126. The van der Waals surface area contributed by atoms with Crippen molar-refractivity contribution in [1.29, 1.82) is 0 Å². The van der Waals surface area contributed by atoms with E-state index in [1.807, 2.05) is 18.2 Å². The normalized spacial score (nSPS) is 23.7. The minimum Gasteiger partial charge on any atom is -0.453 e. The van der Waals surface area contributed by atoms with E-state index in [0.29, 0.717) is 16.7 Å². The third-order valence-electron chi connectivity index (χ3n) is 3.92. The van der Waals surface area contributed by atoms with Gasteiger partial charge in [0, 0.05) is 16.3 Å². The van der Waals surface area contributed by atoms with Gasteiger partial charge in [0.15, 0.2) is 5.76 Å². The topological polar surface area (TPSA) is 30.2 Å². The van der Waals surface area contributed by atoms with Crippen molar-refractivity contribution in [2.45, 2.75) is 26.2 Å². The van der Waals surface area contributed by atoms with E-state index in [1.54, 1.807) is 6.07 Å². The summed E-state index contributed by atoms with van der Waals surface area (Å²) in [7, 11) is 0. The summed E-state index contributed by atoms with van der Waals surface area (Å²) < 4.78 is 5.64. The number of ketones is 1. The minimum atomic E-state index is 0.126. The van der Waals surface area contributed by atoms with Gasteiger partial charge in [0.2, 0.25) is 5.78 Å². The van der Waals surface area contributed by atoms with E-state index in [1.165, 1.54) is 0 Å². The first-order chi connectivity index (χ1) is 8.65. The second-order valence-electron chi connectivity index (χ2n) is 5.17. The van der Waals surface area contributed by atoms with E-state index in [-0.39, 0.29) is 11.7 Å². The van der Waals surface area contributed by atoms with E-state index in [9.17, 15) is 4.79 Å². The maximum Gasteiger partial charge on any atom is 0.201 e. The summed E-state index contributed by atoms with van der Waals surface area (Å²) in [5.41, 5.74) is 0.730. The zero-order chi connectivity index (χ0) is 12.7. The molecule has 1 heterocycles. The Labute approximate surface area is 111 Å². The van der Waals surface area contributed by atoms with Gasteiger partial charge in [-0.05, 0) is 43.0 Å². The Bertz CT molecular complexity index is 600. The van der Waals surface area contributed by atoms with Crippen molar-refractivity contribution >= 4 is 28.4 Å². The molecule has 0 bridgehead atoms. The zero-order valence-corrected chi connectivity index (χ0v) is 11.0. The van der Waals surface area contributed by atoms with Gasteiger partial charge in [-0.2, -0.15) is 0 Å². The molecule has 0 amide bonds. The van der Waals surface area contributed by atoms with Crippen molar-refractivity contribution < 1.29 is 9.21 Å². The Balaban J connectivity index is 1.96. The van der Waals surface area contributed by atoms with Gasteiger partial charge < -0.3 is 4.42 Å². The van der Waals surface area contributed by atoms with Crippen molar-refractivity contribution in [3.8, 4) is 0 Å². The quantitative estimate of drug-likeness (QED) is 0.734. The Morgan fingerprint density at radius 3 is 2.89 bits per heavy atom. The summed E-state index contributed by atoms with van der Waals surface area (Å²) in [6.45, 7) is 2.15. The van der Waals surface area contributed by atoms with Gasteiger partial charge in [0.05, 0.1) is 0 Å². The van der Waals surface area contributed by atoms with Gasteiger partial charge in [-0.3, -0.25) is 4.79 Å². The molecule has 94 valence electrons. The van der Waals surface area contributed by atoms with Gasteiger partial charge in [-0.1, -0.05) is 24.9 Å². The fourth-order valence-electron chi connectivity index (χ4n) is 2.85. The van der Waals surface area contributed by atoms with Crippen LogP contribution in [0.1, 0.15) is 36.7 Å². The number of Topliss-reactive ketones (excluding diaryl/α,β-unsaturated/α-hetero) is 1. The molecular weight excluding hydrogens is 248 g/mol. The molecule has 3 rings (SSSR count). The molecular formula is C15H15ClO2. The van der Waals surface area contributed by atoms with E-state index in [4.69, 9.17) is 16.0 Å². The fourth-order valence-corrected chi connectivity index (χ4v) is 3.03. The number of hydrogen-bond acceptors (Lipinski definition) is 2. The lowest BCUT2D eigenvalue weighted by Gasteiger charge is -2.11. The standard InChI is InChI=1S/C15H15ClO2/c1-9-3-2-4-12(9)15(17)14-8-10-7-11(16)5-6-13(10)18-14/h5-9,12H,2-4H2,1H3. The summed E-state index contributed by atoms with van der Waals surface area (Å²) in [4.78, 5) is 12.4. The third-order valence-corrected chi connectivity index (χ3v) is 4.15. The van der Waals surface area contributed by atoms with Gasteiger partial charge in [0.1, 0.15) is 5.58 Å². The Morgan fingerprint density at radius 1 is 1.33 bits per heavy atom. The summed E-state index contributed by atoms with van der Waals surface area (Å²) in [5.74, 6) is 1.22. The number of hydrogen-bond donors (Lipinski definition) is 0. The number of furan rings is 1. The van der Waals surface area contributed by atoms with Crippen LogP contribution in [0.15, 0.2) is 28.7 Å². The lowest BCUT2D eigenvalue weighted by molar-refractivity contribution is 0.0870. The van der Waals surface area contributed by atoms with E-state index in [2.05, 4.69) is 6.92 Å². The van der Waals surface area contributed by atoms with Crippen molar-refractivity contribution in [2.24, 2.45) is 11.8 Å². The second-order valence-corrected chi connectivity index (χ2v) is 5.61. The molecule has 1 aromatic heterocycles. The molecule has 3 heteroatoms. The summed E-state index contributed by atoms with van der Waals surface area (Å²) >= 11 is 5.93. The second kappa shape index (κ2) is 4.43. The highest BCUT2D eigenvalue weighted by Gasteiger charge is 2.32. The molecule has 2 nitrogen and oxygen atoms in total. The molecule has 1 aliphatic rings. The van der Waals surface area contributed by atoms with Gasteiger partial charge in [-0.15, -0.1) is 0 Å². The molecule has 0 N–H and O–H groups in total. The van der Waals surface area contributed by atoms with Crippen LogP contribution in [0.3, 0.4) is 0 Å². The van der Waals surface area contributed by atoms with E-state index < -0.39 is 0 Å². The van der Waals surface area contributed by atoms with Gasteiger partial charge in [-0.25, -0.2) is 0 Å². The van der Waals surface area contributed by atoms with Crippen LogP contribution in [0.4, 0.5) is 0 Å². The van der Waals surface area contributed by atoms with Gasteiger partial charge >= 0.3 is 0 Å². The first-order valence-corrected chi connectivity index (χ1v) is 6.76. The van der Waals surface area contributed by atoms with Crippen LogP contribution in [-0.2, 0) is 0 Å². The van der Waals surface area contributed by atoms with Crippen LogP contribution in [-0.4, -0.2) is 5.78 Å². The Morgan fingerprint density at radius 2 is 2.17 bits per heavy atom. The number of rotatable bonds is 2. The SMILES string of the molecule is CC1CCCC1C(=O)c1cc2cc(Cl)ccc2o1. The first-order valence-electron chi connectivity index (χ1n) is 6.38. The third kappa shape index (κ3) is 1.95. The molecule has 1 aromatic carbocycles. The molecule has 1 fully saturated rings. The maximum atomic E-state index is 12.4. The van der Waals surface area contributed by atoms with Crippen LogP contribution in [0.2, 0.25) is 5.02 Å². The molecule has 2 aromatic rings. The average molecular weight is 263 g/mol. The molecule has 2 unspecified atom stereocenters. The fraction of sp³-hybridized carbons (Fsp3) is 0.400. The highest BCUT2D eigenvalue weighted by molar-refractivity contribution is 6.31. The van der Waals surface area contributed by atoms with Crippen LogP contribution in [0.5, 0.6) is 0 Å². The highest BCUT2D eigenvalue weighted by Crippen LogP contribution is 2.35. The summed E-state index contributed by atoms with van der Waals surface area (Å²) in [6.07, 6.45) is 3.27. The molecule has 2 atom stereocenters. The number of fused-ring (bicyclic) bond motifs is 1. The smallest absolute Gasteiger partial charge is 0.201 e. The highest BCUT2D eigenvalue weighted by atomic mass is 35.5. The van der Waals surface area contributed by atoms with Crippen LogP contribution >= 0.6 is 11.6 Å². The van der Waals surface area contributed by atoms with Crippen LogP contribution < -0.4 is 0 Å². The van der Waals surface area contributed by atoms with Crippen molar-refractivity contribution in [2.75, 3.05) is 0 Å². The number of carbonyl (C=O) groups excluding carboxylic acids is 1. The maximum absolute atomic E-state index is 12.4. The van der Waals surface area contributed by atoms with Crippen molar-refractivity contribution in [1.82, 2.24) is 0 Å². The molecule has 0 aliphatic heterocycles. The summed E-state index contributed by atoms with van der Waals surface area (Å²) in [6, 6.07) is 7.23. The number of benzene rings is 1. The Kier molecular flexibility index (Phi) is 2.90. The molecule has 1 aliphatic carbocycles. The zero-order valence-electron chi connectivity index (χ0n) is 10.3. The van der Waals surface area contributed by atoms with Crippen LogP contribution in [0, 0.1) is 11.8 Å². The number of halogens is 1. The van der Waals surface area contributed by atoms with E-state index in [0.717, 1.165) is 30.2 Å². The molecule has 1 saturated carbocycles. The lowest BCUT2D eigenvalue weighted by Crippen LogP contribution is -2.16. The predicted molar refractivity (Wildman–Crippen MR) is 72.1 cm³/mol. The van der Waals surface area contributed by atoms with Crippen molar-refractivity contribution in [3.63, 3.8) is 0 Å². The summed E-state index contributed by atoms with van der Waals surface area (Å²) in [5, 5.41) is 1.56. The monoisotopic (exact) mass is 262 g/mol. The average Bonchev–Trinajstić information content (AvgIpc) is 2.93. The first kappa shape index (κ1) is 11.8.